The highest BCUT2D eigenvalue weighted by Gasteiger charge is 2.17. The van der Waals surface area contributed by atoms with Crippen LogP contribution in [0, 0.1) is 0 Å². The first-order valence-electron chi connectivity index (χ1n) is 7.84. The molecule has 0 fully saturated rings. The summed E-state index contributed by atoms with van der Waals surface area (Å²) in [5.74, 6) is 0.448. The maximum Gasteiger partial charge on any atom is 0.442 e. The van der Waals surface area contributed by atoms with Crippen molar-refractivity contribution in [3.63, 3.8) is 0 Å². The van der Waals surface area contributed by atoms with Crippen molar-refractivity contribution in [2.24, 2.45) is 0 Å². The fraction of sp³-hybridized carbons (Fsp3) is 0.176. The molecule has 1 amide bonds. The van der Waals surface area contributed by atoms with Gasteiger partial charge in [-0.3, -0.25) is 14.3 Å². The van der Waals surface area contributed by atoms with Crippen molar-refractivity contribution in [3.05, 3.63) is 58.7 Å². The van der Waals surface area contributed by atoms with Crippen molar-refractivity contribution in [3.8, 4) is 23.0 Å². The molecule has 3 aromatic rings. The van der Waals surface area contributed by atoms with Crippen LogP contribution in [-0.4, -0.2) is 27.4 Å². The number of carbonyl (C=O) groups excluding carboxylic acids is 1. The van der Waals surface area contributed by atoms with E-state index in [1.54, 1.807) is 36.5 Å². The first-order chi connectivity index (χ1) is 12.7. The van der Waals surface area contributed by atoms with Gasteiger partial charge in [-0.1, -0.05) is 17.3 Å². The highest BCUT2D eigenvalue weighted by atomic mass is 16.7. The zero-order chi connectivity index (χ0) is 17.9. The quantitative estimate of drug-likeness (QED) is 0.726. The molecule has 0 bridgehead atoms. The standard InChI is InChI=1S/C17H14N4O5/c22-15(19-8-11-4-5-13-14(7-11)25-10-24-13)9-21-16(20-26-17(21)23)12-3-1-2-6-18-12/h1-7H,8-10H2,(H,19,22). The molecule has 1 aromatic carbocycles. The van der Waals surface area contributed by atoms with Gasteiger partial charge in [0, 0.05) is 12.7 Å². The Bertz CT molecular complexity index is 996. The SMILES string of the molecule is O=C(Cn1c(-c2ccccn2)noc1=O)NCc1ccc2c(c1)OCO2. The zero-order valence-corrected chi connectivity index (χ0v) is 13.5. The van der Waals surface area contributed by atoms with Crippen molar-refractivity contribution in [2.45, 2.75) is 13.1 Å². The molecule has 0 aliphatic carbocycles. The van der Waals surface area contributed by atoms with Crippen LogP contribution in [0.5, 0.6) is 11.5 Å². The number of aromatic nitrogens is 3. The van der Waals surface area contributed by atoms with Crippen LogP contribution in [0.2, 0.25) is 0 Å². The first-order valence-corrected chi connectivity index (χ1v) is 7.84. The van der Waals surface area contributed by atoms with Crippen LogP contribution in [-0.2, 0) is 17.9 Å². The Labute approximate surface area is 147 Å². The number of ether oxygens (including phenoxy) is 2. The molecular formula is C17H14N4O5. The van der Waals surface area contributed by atoms with Gasteiger partial charge >= 0.3 is 5.76 Å². The number of rotatable bonds is 5. The number of hydrogen-bond acceptors (Lipinski definition) is 7. The van der Waals surface area contributed by atoms with Crippen molar-refractivity contribution in [1.82, 2.24) is 20.0 Å². The minimum absolute atomic E-state index is 0.192. The summed E-state index contributed by atoms with van der Waals surface area (Å²) >= 11 is 0. The fourth-order valence-electron chi connectivity index (χ4n) is 2.54. The molecule has 0 saturated heterocycles. The number of fused-ring (bicyclic) bond motifs is 1. The smallest absolute Gasteiger partial charge is 0.442 e. The number of nitrogens with zero attached hydrogens (tertiary/aromatic N) is 3. The Morgan fingerprint density at radius 3 is 2.92 bits per heavy atom. The molecule has 1 aliphatic heterocycles. The Hall–Kier alpha value is -3.62. The lowest BCUT2D eigenvalue weighted by Crippen LogP contribution is -2.30. The van der Waals surface area contributed by atoms with Crippen molar-refractivity contribution >= 4 is 5.91 Å². The van der Waals surface area contributed by atoms with Crippen molar-refractivity contribution in [2.75, 3.05) is 6.79 Å². The Morgan fingerprint density at radius 1 is 1.19 bits per heavy atom. The van der Waals surface area contributed by atoms with E-state index >= 15 is 0 Å². The van der Waals surface area contributed by atoms with E-state index in [1.807, 2.05) is 6.07 Å². The van der Waals surface area contributed by atoms with Crippen LogP contribution in [0.1, 0.15) is 5.56 Å². The maximum atomic E-state index is 12.2. The lowest BCUT2D eigenvalue weighted by molar-refractivity contribution is -0.121. The average molecular weight is 354 g/mol. The number of carbonyl (C=O) groups is 1. The number of nitrogens with one attached hydrogen (secondary N) is 1. The predicted molar refractivity (Wildman–Crippen MR) is 88.4 cm³/mol. The number of pyridine rings is 1. The van der Waals surface area contributed by atoms with Gasteiger partial charge in [0.15, 0.2) is 11.5 Å². The van der Waals surface area contributed by atoms with E-state index in [4.69, 9.17) is 9.47 Å². The van der Waals surface area contributed by atoms with E-state index in [2.05, 4.69) is 20.0 Å². The molecule has 1 N–H and O–H groups in total. The van der Waals surface area contributed by atoms with E-state index in [-0.39, 0.29) is 31.6 Å². The van der Waals surface area contributed by atoms with Crippen LogP contribution in [0.4, 0.5) is 0 Å². The van der Waals surface area contributed by atoms with E-state index in [0.717, 1.165) is 10.1 Å². The van der Waals surface area contributed by atoms with Gasteiger partial charge in [-0.25, -0.2) is 9.36 Å². The molecular weight excluding hydrogens is 340 g/mol. The maximum absolute atomic E-state index is 12.2. The second kappa shape index (κ2) is 6.71. The summed E-state index contributed by atoms with van der Waals surface area (Å²) in [4.78, 5) is 28.2. The molecule has 4 rings (SSSR count). The second-order valence-electron chi connectivity index (χ2n) is 5.54. The van der Waals surface area contributed by atoms with Gasteiger partial charge < -0.3 is 14.8 Å². The van der Waals surface area contributed by atoms with Crippen LogP contribution in [0.25, 0.3) is 11.5 Å². The predicted octanol–water partition coefficient (Wildman–Crippen LogP) is 0.943. The summed E-state index contributed by atoms with van der Waals surface area (Å²) < 4.78 is 16.4. The van der Waals surface area contributed by atoms with E-state index in [9.17, 15) is 9.59 Å². The molecule has 0 atom stereocenters. The summed E-state index contributed by atoms with van der Waals surface area (Å²) in [6, 6.07) is 10.6. The van der Waals surface area contributed by atoms with Crippen molar-refractivity contribution in [1.29, 1.82) is 0 Å². The highest BCUT2D eigenvalue weighted by Crippen LogP contribution is 2.32. The molecule has 0 radical (unpaired) electrons. The van der Waals surface area contributed by atoms with Gasteiger partial charge in [-0.2, -0.15) is 0 Å². The summed E-state index contributed by atoms with van der Waals surface area (Å²) in [5, 5.41) is 6.45. The number of amides is 1. The summed E-state index contributed by atoms with van der Waals surface area (Å²) in [6.45, 7) is 0.255. The van der Waals surface area contributed by atoms with Crippen LogP contribution >= 0.6 is 0 Å². The third kappa shape index (κ3) is 3.14. The van der Waals surface area contributed by atoms with Gasteiger partial charge in [0.2, 0.25) is 18.5 Å². The fourth-order valence-corrected chi connectivity index (χ4v) is 2.54. The van der Waals surface area contributed by atoms with Crippen LogP contribution < -0.4 is 20.5 Å². The molecule has 1 aliphatic rings. The minimum Gasteiger partial charge on any atom is -0.454 e. The summed E-state index contributed by atoms with van der Waals surface area (Å²) in [5.41, 5.74) is 1.30. The van der Waals surface area contributed by atoms with Gasteiger partial charge in [-0.05, 0) is 29.8 Å². The third-order valence-electron chi connectivity index (χ3n) is 3.81. The molecule has 26 heavy (non-hydrogen) atoms. The lowest BCUT2D eigenvalue weighted by atomic mass is 10.2. The molecule has 3 heterocycles. The minimum atomic E-state index is -0.719. The van der Waals surface area contributed by atoms with Gasteiger partial charge in [-0.15, -0.1) is 0 Å². The monoisotopic (exact) mass is 354 g/mol. The Kier molecular flexibility index (Phi) is 4.10. The van der Waals surface area contributed by atoms with E-state index < -0.39 is 5.76 Å². The molecule has 0 spiro atoms. The largest absolute Gasteiger partial charge is 0.454 e. The van der Waals surface area contributed by atoms with E-state index in [1.165, 1.54) is 0 Å². The summed E-state index contributed by atoms with van der Waals surface area (Å²) in [7, 11) is 0. The topological polar surface area (TPSA) is 108 Å². The van der Waals surface area contributed by atoms with Gasteiger partial charge in [0.1, 0.15) is 12.2 Å². The van der Waals surface area contributed by atoms with Crippen LogP contribution in [0.15, 0.2) is 51.9 Å². The normalized spacial score (nSPS) is 12.2. The zero-order valence-electron chi connectivity index (χ0n) is 13.5. The lowest BCUT2D eigenvalue weighted by Gasteiger charge is -2.07. The molecule has 9 heteroatoms. The molecule has 2 aromatic heterocycles. The molecule has 0 saturated carbocycles. The van der Waals surface area contributed by atoms with Crippen LogP contribution in [0.3, 0.4) is 0 Å². The second-order valence-corrected chi connectivity index (χ2v) is 5.54. The Balaban J connectivity index is 1.44. The molecule has 132 valence electrons. The highest BCUT2D eigenvalue weighted by molar-refractivity contribution is 5.76. The third-order valence-corrected chi connectivity index (χ3v) is 3.81. The first kappa shape index (κ1) is 15.9. The summed E-state index contributed by atoms with van der Waals surface area (Å²) in [6.07, 6.45) is 1.57. The van der Waals surface area contributed by atoms with Gasteiger partial charge in [0.05, 0.1) is 0 Å². The number of benzene rings is 1. The average Bonchev–Trinajstić information content (AvgIpc) is 3.27. The van der Waals surface area contributed by atoms with Crippen molar-refractivity contribution < 1.29 is 18.8 Å². The molecule has 9 nitrogen and oxygen atoms in total. The Morgan fingerprint density at radius 2 is 2.08 bits per heavy atom. The molecule has 0 unspecified atom stereocenters. The van der Waals surface area contributed by atoms with E-state index in [0.29, 0.717) is 17.2 Å². The van der Waals surface area contributed by atoms with Gasteiger partial charge in [0.25, 0.3) is 0 Å². The number of hydrogen-bond donors (Lipinski definition) is 1.